The Labute approximate surface area is 215 Å². The maximum Gasteiger partial charge on any atom is 0.344 e. The Morgan fingerprint density at radius 3 is 2.54 bits per heavy atom. The number of hydrogen-bond acceptors (Lipinski definition) is 6. The van der Waals surface area contributed by atoms with Gasteiger partial charge in [0.1, 0.15) is 34.5 Å². The number of benzene rings is 3. The van der Waals surface area contributed by atoms with Gasteiger partial charge in [-0.05, 0) is 76.5 Å². The Kier molecular flexibility index (Phi) is 8.05. The number of esters is 1. The third kappa shape index (κ3) is 6.21. The molecule has 35 heavy (non-hydrogen) atoms. The van der Waals surface area contributed by atoms with Crippen LogP contribution in [-0.2, 0) is 16.1 Å². The Hall–Kier alpha value is -3.36. The molecule has 1 N–H and O–H groups in total. The quantitative estimate of drug-likeness (QED) is 0.309. The summed E-state index contributed by atoms with van der Waals surface area (Å²) in [6, 6.07) is 20.8. The third-order valence-corrected chi connectivity index (χ3v) is 6.56. The second kappa shape index (κ2) is 11.4. The number of hydrogen-bond donors (Lipinski definition) is 1. The third-order valence-electron chi connectivity index (χ3n) is 4.92. The molecular formula is C27H21BrFNO4S. The van der Waals surface area contributed by atoms with Crippen molar-refractivity contribution in [2.24, 2.45) is 4.99 Å². The van der Waals surface area contributed by atoms with Crippen LogP contribution in [0.4, 0.5) is 10.1 Å². The molecule has 3 aromatic carbocycles. The molecule has 0 saturated carbocycles. The zero-order chi connectivity index (χ0) is 24.8. The van der Waals surface area contributed by atoms with Crippen molar-refractivity contribution in [3.8, 4) is 5.75 Å². The van der Waals surface area contributed by atoms with Gasteiger partial charge in [0.15, 0.2) is 0 Å². The molecule has 0 bridgehead atoms. The van der Waals surface area contributed by atoms with E-state index in [2.05, 4.69) is 20.9 Å². The number of ether oxygens (including phenoxy) is 2. The van der Waals surface area contributed by atoms with E-state index in [9.17, 15) is 14.3 Å². The van der Waals surface area contributed by atoms with Crippen molar-refractivity contribution in [2.45, 2.75) is 13.5 Å². The Morgan fingerprint density at radius 2 is 1.86 bits per heavy atom. The highest BCUT2D eigenvalue weighted by Gasteiger charge is 2.33. The summed E-state index contributed by atoms with van der Waals surface area (Å²) in [5.41, 5.74) is 2.34. The highest BCUT2D eigenvalue weighted by atomic mass is 79.9. The van der Waals surface area contributed by atoms with E-state index in [1.807, 2.05) is 42.5 Å². The first-order chi connectivity index (χ1) is 16.9. The standard InChI is InChI=1S/C27H21BrFNO4S/c1-2-33-27(32)24-25(31)23(35-26(24)30-20-6-4-3-5-7-20)15-18-10-13-22(21(28)14-18)34-16-17-8-11-19(29)12-9-17/h3-15,31H,2,16H2,1H3/b23-15-,30-26?. The number of aliphatic imine (C=N–C) groups is 1. The Bertz CT molecular complexity index is 1320. The average Bonchev–Trinajstić information content (AvgIpc) is 3.14. The molecule has 5 nitrogen and oxygen atoms in total. The van der Waals surface area contributed by atoms with Crippen LogP contribution in [0.1, 0.15) is 18.1 Å². The van der Waals surface area contributed by atoms with Gasteiger partial charge in [-0.2, -0.15) is 0 Å². The molecule has 0 fully saturated rings. The molecule has 178 valence electrons. The minimum Gasteiger partial charge on any atom is -0.506 e. The first-order valence-electron chi connectivity index (χ1n) is 10.8. The summed E-state index contributed by atoms with van der Waals surface area (Å²) in [5.74, 6) is -0.469. The van der Waals surface area contributed by atoms with Crippen molar-refractivity contribution >= 4 is 50.5 Å². The van der Waals surface area contributed by atoms with E-state index in [1.54, 1.807) is 31.2 Å². The normalized spacial score (nSPS) is 15.6. The summed E-state index contributed by atoms with van der Waals surface area (Å²) < 4.78 is 24.8. The SMILES string of the molecule is CCOC(=O)C1=C(O)/C(=C/c2ccc(OCc3ccc(F)cc3)c(Br)c2)SC1=Nc1ccccc1. The van der Waals surface area contributed by atoms with Gasteiger partial charge in [0.2, 0.25) is 0 Å². The van der Waals surface area contributed by atoms with E-state index < -0.39 is 5.97 Å². The summed E-state index contributed by atoms with van der Waals surface area (Å²) in [6.07, 6.45) is 1.77. The van der Waals surface area contributed by atoms with E-state index in [4.69, 9.17) is 9.47 Å². The van der Waals surface area contributed by atoms with Crippen LogP contribution in [0.2, 0.25) is 0 Å². The van der Waals surface area contributed by atoms with E-state index in [0.717, 1.165) is 11.1 Å². The molecule has 1 aliphatic heterocycles. The number of nitrogens with zero attached hydrogens (tertiary/aromatic N) is 1. The molecule has 0 atom stereocenters. The van der Waals surface area contributed by atoms with E-state index in [1.165, 1.54) is 23.9 Å². The van der Waals surface area contributed by atoms with Gasteiger partial charge in [-0.1, -0.05) is 48.2 Å². The highest BCUT2D eigenvalue weighted by molar-refractivity contribution is 9.10. The van der Waals surface area contributed by atoms with Crippen LogP contribution in [0, 0.1) is 5.82 Å². The van der Waals surface area contributed by atoms with Crippen molar-refractivity contribution in [2.75, 3.05) is 6.61 Å². The lowest BCUT2D eigenvalue weighted by molar-refractivity contribution is -0.138. The van der Waals surface area contributed by atoms with Crippen LogP contribution in [0.5, 0.6) is 5.75 Å². The van der Waals surface area contributed by atoms with Gasteiger partial charge in [0.25, 0.3) is 0 Å². The predicted octanol–water partition coefficient (Wildman–Crippen LogP) is 7.36. The van der Waals surface area contributed by atoms with Gasteiger partial charge in [0, 0.05) is 0 Å². The lowest BCUT2D eigenvalue weighted by atomic mass is 10.1. The number of para-hydroxylation sites is 1. The molecule has 0 aromatic heterocycles. The summed E-state index contributed by atoms with van der Waals surface area (Å²) >= 11 is 4.71. The molecule has 8 heteroatoms. The van der Waals surface area contributed by atoms with Gasteiger partial charge >= 0.3 is 5.97 Å². The molecule has 4 rings (SSSR count). The lowest BCUT2D eigenvalue weighted by Crippen LogP contribution is -2.12. The maximum atomic E-state index is 13.1. The molecule has 0 radical (unpaired) electrons. The van der Waals surface area contributed by atoms with E-state index in [0.29, 0.717) is 32.5 Å². The van der Waals surface area contributed by atoms with E-state index in [-0.39, 0.29) is 23.8 Å². The second-order valence-electron chi connectivity index (χ2n) is 7.41. The van der Waals surface area contributed by atoms with Gasteiger partial charge < -0.3 is 14.6 Å². The van der Waals surface area contributed by atoms with Crippen LogP contribution in [0.3, 0.4) is 0 Å². The Balaban J connectivity index is 1.58. The van der Waals surface area contributed by atoms with E-state index >= 15 is 0 Å². The van der Waals surface area contributed by atoms with Crippen LogP contribution in [0.25, 0.3) is 6.08 Å². The van der Waals surface area contributed by atoms with Crippen LogP contribution in [-0.4, -0.2) is 22.7 Å². The van der Waals surface area contributed by atoms with Crippen LogP contribution in [0.15, 0.2) is 98.5 Å². The zero-order valence-electron chi connectivity index (χ0n) is 18.7. The fourth-order valence-corrected chi connectivity index (χ4v) is 4.77. The van der Waals surface area contributed by atoms with Crippen molar-refractivity contribution in [1.29, 1.82) is 0 Å². The summed E-state index contributed by atoms with van der Waals surface area (Å²) in [7, 11) is 0. The van der Waals surface area contributed by atoms with Gasteiger partial charge in [0.05, 0.1) is 21.7 Å². The average molecular weight is 554 g/mol. The lowest BCUT2D eigenvalue weighted by Gasteiger charge is -2.09. The van der Waals surface area contributed by atoms with Crippen molar-refractivity contribution in [1.82, 2.24) is 0 Å². The smallest absolute Gasteiger partial charge is 0.344 e. The highest BCUT2D eigenvalue weighted by Crippen LogP contribution is 2.40. The topological polar surface area (TPSA) is 68.1 Å². The fraction of sp³-hybridized carbons (Fsp3) is 0.111. The number of rotatable bonds is 7. The van der Waals surface area contributed by atoms with Crippen LogP contribution < -0.4 is 4.74 Å². The molecule has 0 spiro atoms. The summed E-state index contributed by atoms with van der Waals surface area (Å²) in [5, 5.41) is 11.2. The molecule has 1 aliphatic rings. The van der Waals surface area contributed by atoms with Crippen molar-refractivity contribution in [3.05, 3.63) is 110 Å². The minimum atomic E-state index is -0.624. The van der Waals surface area contributed by atoms with Gasteiger partial charge in [-0.25, -0.2) is 14.2 Å². The van der Waals surface area contributed by atoms with Gasteiger partial charge in [-0.3, -0.25) is 0 Å². The minimum absolute atomic E-state index is 0.0465. The number of thioether (sulfide) groups is 1. The molecule has 3 aromatic rings. The summed E-state index contributed by atoms with van der Waals surface area (Å²) in [4.78, 5) is 17.6. The monoisotopic (exact) mass is 553 g/mol. The van der Waals surface area contributed by atoms with Crippen LogP contribution >= 0.6 is 27.7 Å². The first kappa shape index (κ1) is 24.8. The molecular weight excluding hydrogens is 533 g/mol. The molecule has 0 unspecified atom stereocenters. The number of carbonyl (C=O) groups is 1. The largest absolute Gasteiger partial charge is 0.506 e. The van der Waals surface area contributed by atoms with Crippen molar-refractivity contribution in [3.63, 3.8) is 0 Å². The molecule has 0 amide bonds. The van der Waals surface area contributed by atoms with Crippen molar-refractivity contribution < 1.29 is 23.8 Å². The molecule has 1 heterocycles. The fourth-order valence-electron chi connectivity index (χ4n) is 3.23. The van der Waals surface area contributed by atoms with Gasteiger partial charge in [-0.15, -0.1) is 0 Å². The second-order valence-corrected chi connectivity index (χ2v) is 9.30. The summed E-state index contributed by atoms with van der Waals surface area (Å²) in [6.45, 7) is 2.19. The number of aliphatic hydroxyl groups excluding tert-OH is 1. The molecule has 0 saturated heterocycles. The molecule has 0 aliphatic carbocycles. The number of aliphatic hydroxyl groups is 1. The zero-order valence-corrected chi connectivity index (χ0v) is 21.1. The number of halogens is 2. The first-order valence-corrected chi connectivity index (χ1v) is 12.4. The maximum absolute atomic E-state index is 13.1. The number of carbonyl (C=O) groups excluding carboxylic acids is 1. The Morgan fingerprint density at radius 1 is 1.11 bits per heavy atom. The predicted molar refractivity (Wildman–Crippen MR) is 140 cm³/mol.